The highest BCUT2D eigenvalue weighted by atomic mass is 15.3. The number of piperidine rings is 1. The maximum atomic E-state index is 4.75. The number of aryl methyl sites for hydroxylation is 1. The van der Waals surface area contributed by atoms with E-state index in [1.54, 1.807) is 6.33 Å². The van der Waals surface area contributed by atoms with E-state index >= 15 is 0 Å². The van der Waals surface area contributed by atoms with Gasteiger partial charge in [0, 0.05) is 46.2 Å². The predicted octanol–water partition coefficient (Wildman–Crippen LogP) is 2.18. The molecule has 2 aromatic heterocycles. The molecular formula is C17H27N7. The van der Waals surface area contributed by atoms with Crippen molar-refractivity contribution in [3.8, 4) is 0 Å². The third-order valence-electron chi connectivity index (χ3n) is 4.64. The summed E-state index contributed by atoms with van der Waals surface area (Å²) in [5.74, 6) is 3.78. The lowest BCUT2D eigenvalue weighted by Crippen LogP contribution is -2.34. The van der Waals surface area contributed by atoms with Crippen molar-refractivity contribution in [1.82, 2.24) is 24.7 Å². The zero-order valence-electron chi connectivity index (χ0n) is 15.3. The summed E-state index contributed by atoms with van der Waals surface area (Å²) in [5, 5.41) is 8.28. The highest BCUT2D eigenvalue weighted by Gasteiger charge is 2.25. The summed E-state index contributed by atoms with van der Waals surface area (Å²) in [6.07, 6.45) is 3.93. The van der Waals surface area contributed by atoms with E-state index in [2.05, 4.69) is 40.0 Å². The van der Waals surface area contributed by atoms with Crippen LogP contribution < -0.4 is 9.80 Å². The SMILES string of the molecule is CC(C)c1cc(N2CCC(c3nncn3C)CC2)nc(N(C)C)n1. The minimum absolute atomic E-state index is 0.390. The van der Waals surface area contributed by atoms with Gasteiger partial charge in [-0.3, -0.25) is 0 Å². The van der Waals surface area contributed by atoms with Gasteiger partial charge in [-0.2, -0.15) is 4.98 Å². The van der Waals surface area contributed by atoms with E-state index in [9.17, 15) is 0 Å². The number of hydrogen-bond acceptors (Lipinski definition) is 6. The van der Waals surface area contributed by atoms with Crippen LogP contribution in [0.2, 0.25) is 0 Å². The molecular weight excluding hydrogens is 302 g/mol. The fraction of sp³-hybridized carbons (Fsp3) is 0.647. The van der Waals surface area contributed by atoms with Gasteiger partial charge in [0.15, 0.2) is 0 Å². The smallest absolute Gasteiger partial charge is 0.227 e. The lowest BCUT2D eigenvalue weighted by atomic mass is 9.96. The predicted molar refractivity (Wildman–Crippen MR) is 95.6 cm³/mol. The quantitative estimate of drug-likeness (QED) is 0.857. The molecule has 0 radical (unpaired) electrons. The van der Waals surface area contributed by atoms with Crippen molar-refractivity contribution >= 4 is 11.8 Å². The molecule has 7 nitrogen and oxygen atoms in total. The van der Waals surface area contributed by atoms with Gasteiger partial charge in [-0.1, -0.05) is 13.8 Å². The lowest BCUT2D eigenvalue weighted by Gasteiger charge is -2.33. The van der Waals surface area contributed by atoms with Crippen LogP contribution in [-0.4, -0.2) is 51.9 Å². The fourth-order valence-electron chi connectivity index (χ4n) is 3.13. The van der Waals surface area contributed by atoms with Gasteiger partial charge in [0.2, 0.25) is 5.95 Å². The van der Waals surface area contributed by atoms with Crippen LogP contribution in [0.25, 0.3) is 0 Å². The molecule has 0 N–H and O–H groups in total. The van der Waals surface area contributed by atoms with E-state index in [4.69, 9.17) is 4.98 Å². The molecule has 0 bridgehead atoms. The Morgan fingerprint density at radius 3 is 2.42 bits per heavy atom. The summed E-state index contributed by atoms with van der Waals surface area (Å²) in [5.41, 5.74) is 1.10. The molecule has 0 amide bonds. The first-order valence-corrected chi connectivity index (χ1v) is 8.61. The number of anilines is 2. The zero-order valence-corrected chi connectivity index (χ0v) is 15.3. The second-order valence-electron chi connectivity index (χ2n) is 7.06. The summed E-state index contributed by atoms with van der Waals surface area (Å²) in [4.78, 5) is 13.8. The molecule has 3 heterocycles. The Kier molecular flexibility index (Phi) is 4.69. The molecule has 0 spiro atoms. The first-order chi connectivity index (χ1) is 11.5. The molecule has 1 aliphatic rings. The van der Waals surface area contributed by atoms with Crippen LogP contribution in [-0.2, 0) is 7.05 Å². The molecule has 0 atom stereocenters. The van der Waals surface area contributed by atoms with Gasteiger partial charge in [-0.25, -0.2) is 4.98 Å². The largest absolute Gasteiger partial charge is 0.356 e. The molecule has 0 aliphatic carbocycles. The number of rotatable bonds is 4. The average molecular weight is 329 g/mol. The summed E-state index contributed by atoms with van der Waals surface area (Å²) in [7, 11) is 6.00. The first kappa shape index (κ1) is 16.7. The van der Waals surface area contributed by atoms with Gasteiger partial charge in [-0.15, -0.1) is 10.2 Å². The maximum Gasteiger partial charge on any atom is 0.227 e. The molecule has 0 saturated carbocycles. The standard InChI is InChI=1S/C17H27N7/c1-12(2)14-10-15(20-17(19-14)22(3)4)24-8-6-13(7-9-24)16-21-18-11-23(16)5/h10-13H,6-9H2,1-5H3. The lowest BCUT2D eigenvalue weighted by molar-refractivity contribution is 0.471. The van der Waals surface area contributed by atoms with E-state index in [1.807, 2.05) is 30.6 Å². The van der Waals surface area contributed by atoms with Crippen molar-refractivity contribution in [2.75, 3.05) is 37.0 Å². The van der Waals surface area contributed by atoms with Gasteiger partial charge in [0.1, 0.15) is 18.0 Å². The van der Waals surface area contributed by atoms with Gasteiger partial charge >= 0.3 is 0 Å². The Morgan fingerprint density at radius 1 is 1.17 bits per heavy atom. The second kappa shape index (κ2) is 6.75. The number of nitrogens with zero attached hydrogens (tertiary/aromatic N) is 7. The molecule has 1 fully saturated rings. The Bertz CT molecular complexity index is 658. The van der Waals surface area contributed by atoms with Crippen LogP contribution in [0, 0.1) is 0 Å². The van der Waals surface area contributed by atoms with E-state index in [-0.39, 0.29) is 0 Å². The summed E-state index contributed by atoms with van der Waals surface area (Å²) in [6, 6.07) is 2.14. The van der Waals surface area contributed by atoms with Crippen molar-refractivity contribution in [2.45, 2.75) is 38.5 Å². The first-order valence-electron chi connectivity index (χ1n) is 8.61. The van der Waals surface area contributed by atoms with Gasteiger partial charge in [0.05, 0.1) is 5.69 Å². The molecule has 0 aromatic carbocycles. The second-order valence-corrected chi connectivity index (χ2v) is 7.06. The molecule has 24 heavy (non-hydrogen) atoms. The molecule has 0 unspecified atom stereocenters. The minimum atomic E-state index is 0.390. The molecule has 1 saturated heterocycles. The van der Waals surface area contributed by atoms with E-state index in [1.165, 1.54) is 0 Å². The summed E-state index contributed by atoms with van der Waals surface area (Å²) in [6.45, 7) is 6.32. The highest BCUT2D eigenvalue weighted by Crippen LogP contribution is 2.30. The van der Waals surface area contributed by atoms with Crippen molar-refractivity contribution < 1.29 is 0 Å². The Labute approximate surface area is 143 Å². The average Bonchev–Trinajstić information content (AvgIpc) is 3.00. The van der Waals surface area contributed by atoms with Crippen molar-refractivity contribution in [2.24, 2.45) is 7.05 Å². The van der Waals surface area contributed by atoms with Gasteiger partial charge in [-0.05, 0) is 18.8 Å². The molecule has 7 heteroatoms. The number of hydrogen-bond donors (Lipinski definition) is 0. The Balaban J connectivity index is 1.77. The van der Waals surface area contributed by atoms with Crippen LogP contribution in [0.5, 0.6) is 0 Å². The van der Waals surface area contributed by atoms with Crippen LogP contribution >= 0.6 is 0 Å². The third-order valence-corrected chi connectivity index (χ3v) is 4.64. The van der Waals surface area contributed by atoms with Crippen LogP contribution in [0.3, 0.4) is 0 Å². The Morgan fingerprint density at radius 2 is 1.88 bits per heavy atom. The summed E-state index contributed by atoms with van der Waals surface area (Å²) >= 11 is 0. The monoisotopic (exact) mass is 329 g/mol. The number of aromatic nitrogens is 5. The molecule has 130 valence electrons. The topological polar surface area (TPSA) is 63.0 Å². The minimum Gasteiger partial charge on any atom is -0.356 e. The third kappa shape index (κ3) is 3.34. The van der Waals surface area contributed by atoms with E-state index < -0.39 is 0 Å². The molecule has 1 aliphatic heterocycles. The normalized spacial score (nSPS) is 16.0. The maximum absolute atomic E-state index is 4.75. The van der Waals surface area contributed by atoms with E-state index in [0.717, 1.165) is 49.2 Å². The fourth-order valence-corrected chi connectivity index (χ4v) is 3.13. The molecule has 3 rings (SSSR count). The highest BCUT2D eigenvalue weighted by molar-refractivity contribution is 5.46. The van der Waals surface area contributed by atoms with Crippen LogP contribution in [0.1, 0.15) is 50.0 Å². The van der Waals surface area contributed by atoms with Gasteiger partial charge in [0.25, 0.3) is 0 Å². The molecule has 2 aromatic rings. The van der Waals surface area contributed by atoms with Crippen molar-refractivity contribution in [3.05, 3.63) is 23.9 Å². The zero-order chi connectivity index (χ0) is 17.3. The van der Waals surface area contributed by atoms with Crippen molar-refractivity contribution in [3.63, 3.8) is 0 Å². The van der Waals surface area contributed by atoms with E-state index in [0.29, 0.717) is 11.8 Å². The van der Waals surface area contributed by atoms with Crippen molar-refractivity contribution in [1.29, 1.82) is 0 Å². The van der Waals surface area contributed by atoms with Crippen LogP contribution in [0.15, 0.2) is 12.4 Å². The van der Waals surface area contributed by atoms with Crippen LogP contribution in [0.4, 0.5) is 11.8 Å². The summed E-state index contributed by atoms with van der Waals surface area (Å²) < 4.78 is 2.03. The van der Waals surface area contributed by atoms with Gasteiger partial charge < -0.3 is 14.4 Å². The Hall–Kier alpha value is -2.18.